The summed E-state index contributed by atoms with van der Waals surface area (Å²) in [5.74, 6) is 0. The first-order valence-electron chi connectivity index (χ1n) is 5.59. The zero-order chi connectivity index (χ0) is 12.9. The van der Waals surface area contributed by atoms with E-state index in [2.05, 4.69) is 14.8 Å². The zero-order valence-electron chi connectivity index (χ0n) is 10.4. The van der Waals surface area contributed by atoms with Gasteiger partial charge in [0.15, 0.2) is 0 Å². The Morgan fingerprint density at radius 2 is 2.06 bits per heavy atom. The molecule has 0 spiro atoms. The summed E-state index contributed by atoms with van der Waals surface area (Å²) in [5.41, 5.74) is 0. The fraction of sp³-hybridized carbons (Fsp3) is 0.778. The third-order valence-electron chi connectivity index (χ3n) is 2.32. The van der Waals surface area contributed by atoms with Crippen LogP contribution in [-0.4, -0.2) is 46.6 Å². The molecule has 0 radical (unpaired) electrons. The predicted octanol–water partition coefficient (Wildman–Crippen LogP) is -0.157. The fourth-order valence-electron chi connectivity index (χ4n) is 1.54. The predicted molar refractivity (Wildman–Crippen MR) is 64.5 cm³/mol. The highest BCUT2D eigenvalue weighted by atomic mass is 32.2. The fourth-order valence-corrected chi connectivity index (χ4v) is 2.95. The van der Waals surface area contributed by atoms with Gasteiger partial charge in [-0.2, -0.15) is 22.5 Å². The lowest BCUT2D eigenvalue weighted by atomic mass is 10.4. The first-order chi connectivity index (χ1) is 7.99. The first-order valence-corrected chi connectivity index (χ1v) is 7.03. The Morgan fingerprint density at radius 1 is 1.41 bits per heavy atom. The molecule has 8 heteroatoms. The molecule has 1 N–H and O–H groups in total. The first kappa shape index (κ1) is 14.1. The largest absolute Gasteiger partial charge is 0.279 e. The third kappa shape index (κ3) is 4.06. The summed E-state index contributed by atoms with van der Waals surface area (Å²) in [5, 5.41) is 3.93. The van der Waals surface area contributed by atoms with Gasteiger partial charge in [0.1, 0.15) is 12.7 Å². The maximum Gasteiger partial charge on any atom is 0.279 e. The Morgan fingerprint density at radius 3 is 2.53 bits per heavy atom. The van der Waals surface area contributed by atoms with E-state index in [0.717, 1.165) is 0 Å². The molecular formula is C9H19N5O2S. The lowest BCUT2D eigenvalue weighted by Crippen LogP contribution is -2.45. The molecule has 0 aromatic carbocycles. The van der Waals surface area contributed by atoms with Gasteiger partial charge in [0.05, 0.1) is 6.54 Å². The van der Waals surface area contributed by atoms with Crippen molar-refractivity contribution in [3.05, 3.63) is 12.7 Å². The van der Waals surface area contributed by atoms with E-state index in [-0.39, 0.29) is 6.04 Å². The van der Waals surface area contributed by atoms with Gasteiger partial charge in [-0.25, -0.2) is 4.98 Å². The van der Waals surface area contributed by atoms with E-state index in [1.807, 2.05) is 13.8 Å². The van der Waals surface area contributed by atoms with Crippen molar-refractivity contribution < 1.29 is 8.42 Å². The van der Waals surface area contributed by atoms with E-state index >= 15 is 0 Å². The molecule has 0 bridgehead atoms. The molecule has 1 atom stereocenters. The highest BCUT2D eigenvalue weighted by Gasteiger charge is 2.20. The SMILES string of the molecule is CCN(CC)S(=O)(=O)NC(C)Cn1cncn1. The minimum Gasteiger partial charge on any atom is -0.251 e. The maximum atomic E-state index is 11.9. The molecule has 0 aliphatic carbocycles. The molecule has 1 heterocycles. The van der Waals surface area contributed by atoms with Crippen molar-refractivity contribution >= 4 is 10.2 Å². The lowest BCUT2D eigenvalue weighted by Gasteiger charge is -2.22. The van der Waals surface area contributed by atoms with Crippen molar-refractivity contribution in [1.82, 2.24) is 23.8 Å². The molecule has 17 heavy (non-hydrogen) atoms. The molecule has 1 aromatic rings. The summed E-state index contributed by atoms with van der Waals surface area (Å²) in [7, 11) is -3.40. The number of nitrogens with zero attached hydrogens (tertiary/aromatic N) is 4. The standard InChI is InChI=1S/C9H19N5O2S/c1-4-14(5-2)17(15,16)12-9(3)6-13-8-10-7-11-13/h7-9,12H,4-6H2,1-3H3. The van der Waals surface area contributed by atoms with Gasteiger partial charge in [0, 0.05) is 19.1 Å². The van der Waals surface area contributed by atoms with Gasteiger partial charge in [-0.1, -0.05) is 13.8 Å². The van der Waals surface area contributed by atoms with Gasteiger partial charge in [0.25, 0.3) is 10.2 Å². The van der Waals surface area contributed by atoms with Crippen LogP contribution < -0.4 is 4.72 Å². The maximum absolute atomic E-state index is 11.9. The molecule has 7 nitrogen and oxygen atoms in total. The van der Waals surface area contributed by atoms with Gasteiger partial charge in [-0.15, -0.1) is 0 Å². The van der Waals surface area contributed by atoms with Crippen LogP contribution >= 0.6 is 0 Å². The molecule has 98 valence electrons. The molecule has 1 unspecified atom stereocenters. The lowest BCUT2D eigenvalue weighted by molar-refractivity contribution is 0.416. The van der Waals surface area contributed by atoms with Crippen LogP contribution in [0.4, 0.5) is 0 Å². The quantitative estimate of drug-likeness (QED) is 0.740. The van der Waals surface area contributed by atoms with E-state index < -0.39 is 10.2 Å². The Balaban J connectivity index is 2.58. The van der Waals surface area contributed by atoms with Crippen LogP contribution in [0.1, 0.15) is 20.8 Å². The molecule has 0 saturated heterocycles. The van der Waals surface area contributed by atoms with Crippen molar-refractivity contribution in [3.63, 3.8) is 0 Å². The average Bonchev–Trinajstić information content (AvgIpc) is 2.70. The second-order valence-electron chi connectivity index (χ2n) is 3.73. The summed E-state index contributed by atoms with van der Waals surface area (Å²) >= 11 is 0. The molecule has 0 amide bonds. The number of hydrogen-bond donors (Lipinski definition) is 1. The van der Waals surface area contributed by atoms with Crippen LogP contribution in [0.3, 0.4) is 0 Å². The molecule has 0 saturated carbocycles. The normalized spacial score (nSPS) is 14.1. The molecule has 1 aromatic heterocycles. The smallest absolute Gasteiger partial charge is 0.251 e. The molecule has 0 fully saturated rings. The van der Waals surface area contributed by atoms with Crippen LogP contribution in [-0.2, 0) is 16.8 Å². The number of aromatic nitrogens is 3. The van der Waals surface area contributed by atoms with E-state index in [1.54, 1.807) is 17.9 Å². The van der Waals surface area contributed by atoms with Crippen molar-refractivity contribution in [1.29, 1.82) is 0 Å². The van der Waals surface area contributed by atoms with Crippen LogP contribution in [0.15, 0.2) is 12.7 Å². The zero-order valence-corrected chi connectivity index (χ0v) is 11.2. The molecular weight excluding hydrogens is 242 g/mol. The monoisotopic (exact) mass is 261 g/mol. The highest BCUT2D eigenvalue weighted by molar-refractivity contribution is 7.87. The summed E-state index contributed by atoms with van der Waals surface area (Å²) in [4.78, 5) is 3.80. The third-order valence-corrected chi connectivity index (χ3v) is 4.22. The van der Waals surface area contributed by atoms with Crippen molar-refractivity contribution in [2.24, 2.45) is 0 Å². The van der Waals surface area contributed by atoms with Crippen LogP contribution in [0, 0.1) is 0 Å². The minimum atomic E-state index is -3.40. The average molecular weight is 261 g/mol. The molecule has 0 aliphatic rings. The van der Waals surface area contributed by atoms with E-state index in [9.17, 15) is 8.42 Å². The number of hydrogen-bond acceptors (Lipinski definition) is 4. The van der Waals surface area contributed by atoms with E-state index in [1.165, 1.54) is 10.6 Å². The van der Waals surface area contributed by atoms with Crippen LogP contribution in [0.2, 0.25) is 0 Å². The summed E-state index contributed by atoms with van der Waals surface area (Å²) in [6.07, 6.45) is 2.98. The van der Waals surface area contributed by atoms with Gasteiger partial charge in [-0.3, -0.25) is 4.68 Å². The van der Waals surface area contributed by atoms with Crippen LogP contribution in [0.25, 0.3) is 0 Å². The molecule has 1 rings (SSSR count). The minimum absolute atomic E-state index is 0.234. The topological polar surface area (TPSA) is 80.1 Å². The highest BCUT2D eigenvalue weighted by Crippen LogP contribution is 1.99. The summed E-state index contributed by atoms with van der Waals surface area (Å²) in [6, 6.07) is -0.234. The van der Waals surface area contributed by atoms with Crippen molar-refractivity contribution in [2.45, 2.75) is 33.4 Å². The van der Waals surface area contributed by atoms with E-state index in [4.69, 9.17) is 0 Å². The van der Waals surface area contributed by atoms with Crippen LogP contribution in [0.5, 0.6) is 0 Å². The second kappa shape index (κ2) is 6.08. The van der Waals surface area contributed by atoms with Gasteiger partial charge >= 0.3 is 0 Å². The second-order valence-corrected chi connectivity index (χ2v) is 5.43. The Hall–Kier alpha value is -0.990. The number of nitrogens with one attached hydrogen (secondary N) is 1. The Kier molecular flexibility index (Phi) is 5.03. The summed E-state index contributed by atoms with van der Waals surface area (Å²) < 4.78 is 29.4. The van der Waals surface area contributed by atoms with E-state index in [0.29, 0.717) is 19.6 Å². The molecule has 0 aliphatic heterocycles. The van der Waals surface area contributed by atoms with Crippen molar-refractivity contribution in [3.8, 4) is 0 Å². The van der Waals surface area contributed by atoms with Gasteiger partial charge in [-0.05, 0) is 6.92 Å². The Bertz CT molecular complexity index is 413. The summed E-state index contributed by atoms with van der Waals surface area (Å²) in [6.45, 7) is 6.79. The van der Waals surface area contributed by atoms with Gasteiger partial charge < -0.3 is 0 Å². The van der Waals surface area contributed by atoms with Gasteiger partial charge in [0.2, 0.25) is 0 Å². The number of rotatable bonds is 7. The Labute approximate surface area is 102 Å². The van der Waals surface area contributed by atoms with Crippen molar-refractivity contribution in [2.75, 3.05) is 13.1 Å².